The third-order valence-corrected chi connectivity index (χ3v) is 3.97. The molecule has 0 rings (SSSR count). The number of carboxylic acids is 1. The number of nitrogens with one attached hydrogen (secondary N) is 2. The Morgan fingerprint density at radius 1 is 1.32 bits per heavy atom. The Bertz CT molecular complexity index is 339. The normalized spacial score (nSPS) is 14.5. The molecule has 2 atom stereocenters. The second kappa shape index (κ2) is 8.14. The molecule has 0 aromatic rings. The van der Waals surface area contributed by atoms with Gasteiger partial charge in [0.15, 0.2) is 0 Å². The van der Waals surface area contributed by atoms with Crippen LogP contribution in [0.5, 0.6) is 0 Å². The molecule has 0 spiro atoms. The maximum absolute atomic E-state index is 11.6. The van der Waals surface area contributed by atoms with Crippen LogP contribution in [0.3, 0.4) is 0 Å². The second-order valence-electron chi connectivity index (χ2n) is 5.35. The van der Waals surface area contributed by atoms with E-state index in [2.05, 4.69) is 10.6 Å². The van der Waals surface area contributed by atoms with Crippen LogP contribution in [-0.2, 0) is 15.6 Å². The molecule has 7 heteroatoms. The van der Waals surface area contributed by atoms with E-state index in [1.807, 2.05) is 27.7 Å². The Kier molecular flexibility index (Phi) is 7.66. The summed E-state index contributed by atoms with van der Waals surface area (Å²) in [7, 11) is -0.919. The van der Waals surface area contributed by atoms with E-state index in [4.69, 9.17) is 5.11 Å². The van der Waals surface area contributed by atoms with Crippen molar-refractivity contribution in [3.63, 3.8) is 0 Å². The summed E-state index contributed by atoms with van der Waals surface area (Å²) in [4.78, 5) is 22.4. The number of carbonyl (C=O) groups excluding carboxylic acids is 1. The summed E-state index contributed by atoms with van der Waals surface area (Å²) in [6.45, 7) is 7.74. The predicted molar refractivity (Wildman–Crippen MR) is 75.6 cm³/mol. The van der Waals surface area contributed by atoms with Gasteiger partial charge < -0.3 is 15.7 Å². The molecule has 3 N–H and O–H groups in total. The first-order valence-electron chi connectivity index (χ1n) is 6.28. The van der Waals surface area contributed by atoms with Crippen molar-refractivity contribution in [1.29, 1.82) is 0 Å². The molecule has 112 valence electrons. The maximum atomic E-state index is 11.6. The van der Waals surface area contributed by atoms with E-state index in [1.54, 1.807) is 0 Å². The molecule has 0 aromatic carbocycles. The molecule has 0 saturated heterocycles. The highest BCUT2D eigenvalue weighted by Gasteiger charge is 2.28. The number of hydrogen-bond acceptors (Lipinski definition) is 3. The Hall–Kier alpha value is -1.11. The van der Waals surface area contributed by atoms with Crippen molar-refractivity contribution >= 4 is 22.8 Å². The molecular weight excluding hydrogens is 268 g/mol. The number of amides is 2. The topological polar surface area (TPSA) is 95.5 Å². The summed E-state index contributed by atoms with van der Waals surface area (Å²) in [5, 5.41) is 14.1. The molecule has 0 aliphatic carbocycles. The second-order valence-corrected chi connectivity index (χ2v) is 7.21. The molecule has 0 aliphatic rings. The lowest BCUT2D eigenvalue weighted by Gasteiger charge is -2.30. The molecule has 0 saturated carbocycles. The molecule has 19 heavy (non-hydrogen) atoms. The molecule has 0 radical (unpaired) electrons. The van der Waals surface area contributed by atoms with E-state index < -0.39 is 28.8 Å². The highest BCUT2D eigenvalue weighted by Crippen LogP contribution is 2.21. The first-order chi connectivity index (χ1) is 8.66. The minimum Gasteiger partial charge on any atom is -0.481 e. The van der Waals surface area contributed by atoms with E-state index in [-0.39, 0.29) is 11.8 Å². The molecule has 2 unspecified atom stereocenters. The fourth-order valence-electron chi connectivity index (χ4n) is 1.38. The lowest BCUT2D eigenvalue weighted by atomic mass is 9.85. The SMILES string of the molecule is CCS(=O)CCNC(=O)NC(CC(=O)O)C(C)(C)C. The van der Waals surface area contributed by atoms with Crippen molar-refractivity contribution in [2.24, 2.45) is 5.41 Å². The van der Waals surface area contributed by atoms with Gasteiger partial charge in [0.05, 0.1) is 6.42 Å². The van der Waals surface area contributed by atoms with Crippen LogP contribution in [0, 0.1) is 5.41 Å². The van der Waals surface area contributed by atoms with Gasteiger partial charge in [-0.3, -0.25) is 9.00 Å². The number of rotatable bonds is 7. The van der Waals surface area contributed by atoms with Gasteiger partial charge in [-0.05, 0) is 5.41 Å². The van der Waals surface area contributed by atoms with Gasteiger partial charge in [-0.1, -0.05) is 27.7 Å². The van der Waals surface area contributed by atoms with E-state index in [0.717, 1.165) is 0 Å². The van der Waals surface area contributed by atoms with E-state index in [0.29, 0.717) is 18.1 Å². The molecular formula is C12H24N2O4S. The van der Waals surface area contributed by atoms with Crippen LogP contribution in [-0.4, -0.2) is 45.4 Å². The molecule has 0 bridgehead atoms. The van der Waals surface area contributed by atoms with Crippen LogP contribution in [0.15, 0.2) is 0 Å². The van der Waals surface area contributed by atoms with Crippen molar-refractivity contribution < 1.29 is 18.9 Å². The zero-order valence-corrected chi connectivity index (χ0v) is 12.8. The standard InChI is InChI=1S/C12H24N2O4S/c1-5-19(18)7-6-13-11(17)14-9(8-10(15)16)12(2,3)4/h9H,5-8H2,1-4H3,(H,15,16)(H2,13,14,17). The monoisotopic (exact) mass is 292 g/mol. The number of hydrogen-bond donors (Lipinski definition) is 3. The van der Waals surface area contributed by atoms with Gasteiger partial charge in [0, 0.05) is 34.9 Å². The molecule has 0 heterocycles. The average Bonchev–Trinajstić information content (AvgIpc) is 2.26. The van der Waals surface area contributed by atoms with Gasteiger partial charge in [0.25, 0.3) is 0 Å². The highest BCUT2D eigenvalue weighted by atomic mass is 32.2. The van der Waals surface area contributed by atoms with Gasteiger partial charge in [-0.2, -0.15) is 0 Å². The van der Waals surface area contributed by atoms with Crippen LogP contribution in [0.2, 0.25) is 0 Å². The average molecular weight is 292 g/mol. The molecule has 0 fully saturated rings. The fraction of sp³-hybridized carbons (Fsp3) is 0.833. The smallest absolute Gasteiger partial charge is 0.315 e. The van der Waals surface area contributed by atoms with Crippen LogP contribution < -0.4 is 10.6 Å². The van der Waals surface area contributed by atoms with Gasteiger partial charge in [0.2, 0.25) is 0 Å². The largest absolute Gasteiger partial charge is 0.481 e. The van der Waals surface area contributed by atoms with E-state index in [1.165, 1.54) is 0 Å². The van der Waals surface area contributed by atoms with Gasteiger partial charge in [-0.25, -0.2) is 4.79 Å². The lowest BCUT2D eigenvalue weighted by Crippen LogP contribution is -2.49. The summed E-state index contributed by atoms with van der Waals surface area (Å²) < 4.78 is 11.2. The molecule has 6 nitrogen and oxygen atoms in total. The van der Waals surface area contributed by atoms with E-state index >= 15 is 0 Å². The predicted octanol–water partition coefficient (Wildman–Crippen LogP) is 0.944. The van der Waals surface area contributed by atoms with E-state index in [9.17, 15) is 13.8 Å². The third-order valence-electron chi connectivity index (χ3n) is 2.67. The van der Waals surface area contributed by atoms with Crippen LogP contribution in [0.25, 0.3) is 0 Å². The lowest BCUT2D eigenvalue weighted by molar-refractivity contribution is -0.138. The highest BCUT2D eigenvalue weighted by molar-refractivity contribution is 7.84. The fourth-order valence-corrected chi connectivity index (χ4v) is 2.00. The summed E-state index contributed by atoms with van der Waals surface area (Å²) in [6.07, 6.45) is -0.127. The Balaban J connectivity index is 4.24. The Morgan fingerprint density at radius 3 is 2.32 bits per heavy atom. The van der Waals surface area contributed by atoms with Crippen LogP contribution >= 0.6 is 0 Å². The van der Waals surface area contributed by atoms with Crippen molar-refractivity contribution in [3.8, 4) is 0 Å². The quantitative estimate of drug-likeness (QED) is 0.651. The number of aliphatic carboxylic acids is 1. The summed E-state index contributed by atoms with van der Waals surface area (Å²) in [5.74, 6) is 0.0167. The Labute approximate surface area is 116 Å². The first kappa shape index (κ1) is 17.9. The van der Waals surface area contributed by atoms with Crippen LogP contribution in [0.4, 0.5) is 4.79 Å². The minimum atomic E-state index is -0.952. The van der Waals surface area contributed by atoms with Gasteiger partial charge in [-0.15, -0.1) is 0 Å². The first-order valence-corrected chi connectivity index (χ1v) is 7.76. The molecule has 0 aliphatic heterocycles. The number of carbonyl (C=O) groups is 2. The van der Waals surface area contributed by atoms with Gasteiger partial charge >= 0.3 is 12.0 Å². The Morgan fingerprint density at radius 2 is 1.89 bits per heavy atom. The zero-order valence-electron chi connectivity index (χ0n) is 12.0. The zero-order chi connectivity index (χ0) is 15.1. The molecule has 0 aromatic heterocycles. The van der Waals surface area contributed by atoms with Crippen molar-refractivity contribution in [1.82, 2.24) is 10.6 Å². The van der Waals surface area contributed by atoms with Crippen LogP contribution in [0.1, 0.15) is 34.1 Å². The molecule has 2 amide bonds. The van der Waals surface area contributed by atoms with Gasteiger partial charge in [0.1, 0.15) is 0 Å². The summed E-state index contributed by atoms with van der Waals surface area (Å²) in [6, 6.07) is -0.879. The number of urea groups is 1. The summed E-state index contributed by atoms with van der Waals surface area (Å²) >= 11 is 0. The minimum absolute atomic E-state index is 0.127. The summed E-state index contributed by atoms with van der Waals surface area (Å²) in [5.41, 5.74) is -0.345. The van der Waals surface area contributed by atoms with Crippen molar-refractivity contribution in [3.05, 3.63) is 0 Å². The van der Waals surface area contributed by atoms with Crippen molar-refractivity contribution in [2.75, 3.05) is 18.1 Å². The maximum Gasteiger partial charge on any atom is 0.315 e. The third kappa shape index (κ3) is 8.58. The number of carboxylic acid groups (broad SMARTS) is 1. The van der Waals surface area contributed by atoms with Crippen molar-refractivity contribution in [2.45, 2.75) is 40.2 Å².